The van der Waals surface area contributed by atoms with Crippen LogP contribution in [0.2, 0.25) is 0 Å². The molecule has 1 aliphatic heterocycles. The van der Waals surface area contributed by atoms with E-state index in [1.807, 2.05) is 42.5 Å². The summed E-state index contributed by atoms with van der Waals surface area (Å²) in [6.45, 7) is 2.36. The van der Waals surface area contributed by atoms with Crippen molar-refractivity contribution in [1.82, 2.24) is 29.9 Å². The zero-order chi connectivity index (χ0) is 26.1. The van der Waals surface area contributed by atoms with Crippen LogP contribution in [0.15, 0.2) is 60.7 Å². The van der Waals surface area contributed by atoms with Crippen molar-refractivity contribution in [2.24, 2.45) is 0 Å². The second-order valence-electron chi connectivity index (χ2n) is 9.89. The summed E-state index contributed by atoms with van der Waals surface area (Å²) in [6, 6.07) is 19.3. The molecule has 2 aliphatic rings. The highest BCUT2D eigenvalue weighted by molar-refractivity contribution is 5.60. The van der Waals surface area contributed by atoms with Crippen LogP contribution >= 0.6 is 0 Å². The van der Waals surface area contributed by atoms with Gasteiger partial charge in [-0.05, 0) is 87.0 Å². The summed E-state index contributed by atoms with van der Waals surface area (Å²) in [6.07, 6.45) is 2.04. The zero-order valence-electron chi connectivity index (χ0n) is 20.8. The third-order valence-corrected chi connectivity index (χ3v) is 7.41. The molecule has 2 aromatic heterocycles. The Morgan fingerprint density at radius 2 is 1.61 bits per heavy atom. The Bertz CT molecular complexity index is 1390. The van der Waals surface area contributed by atoms with E-state index in [1.165, 1.54) is 37.1 Å². The SMILES string of the molecule is FC(F)(F)c1nc(Nc2ccc3c(c2)CCC(N2CCCC2)CC3)n(-c2ccc(-c3ccccc3)nn2)n1. The summed E-state index contributed by atoms with van der Waals surface area (Å²) in [4.78, 5) is 6.38. The van der Waals surface area contributed by atoms with Gasteiger partial charge in [0.2, 0.25) is 5.95 Å². The molecular weight excluding hydrogens is 491 g/mol. The Hall–Kier alpha value is -3.79. The van der Waals surface area contributed by atoms with Crippen molar-refractivity contribution in [1.29, 1.82) is 0 Å². The maximum Gasteiger partial charge on any atom is 0.453 e. The molecule has 7 nitrogen and oxygen atoms in total. The lowest BCUT2D eigenvalue weighted by Crippen LogP contribution is -2.32. The highest BCUT2D eigenvalue weighted by Gasteiger charge is 2.37. The minimum atomic E-state index is -4.70. The number of nitrogens with one attached hydrogen (secondary N) is 1. The Balaban J connectivity index is 1.26. The zero-order valence-corrected chi connectivity index (χ0v) is 20.8. The average molecular weight is 520 g/mol. The summed E-state index contributed by atoms with van der Waals surface area (Å²) in [5.74, 6) is -1.17. The van der Waals surface area contributed by atoms with Crippen molar-refractivity contribution in [3.05, 3.63) is 77.6 Å². The summed E-state index contributed by atoms with van der Waals surface area (Å²) in [7, 11) is 0. The van der Waals surface area contributed by atoms with Crippen molar-refractivity contribution in [3.63, 3.8) is 0 Å². The highest BCUT2D eigenvalue weighted by Crippen LogP contribution is 2.31. The maximum absolute atomic E-state index is 13.5. The highest BCUT2D eigenvalue weighted by atomic mass is 19.4. The van der Waals surface area contributed by atoms with Gasteiger partial charge in [0.25, 0.3) is 5.82 Å². The molecule has 0 bridgehead atoms. The van der Waals surface area contributed by atoms with E-state index in [0.29, 0.717) is 17.4 Å². The van der Waals surface area contributed by atoms with Crippen LogP contribution in [0.25, 0.3) is 17.1 Å². The molecule has 1 unspecified atom stereocenters. The Labute approximate surface area is 218 Å². The molecule has 0 saturated carbocycles. The van der Waals surface area contributed by atoms with Gasteiger partial charge in [0.15, 0.2) is 5.82 Å². The van der Waals surface area contributed by atoms with Crippen LogP contribution in [-0.2, 0) is 19.0 Å². The number of anilines is 2. The van der Waals surface area contributed by atoms with Gasteiger partial charge in [-0.25, -0.2) is 0 Å². The van der Waals surface area contributed by atoms with Crippen LogP contribution in [0.1, 0.15) is 42.6 Å². The minimum Gasteiger partial charge on any atom is -0.324 e. The maximum atomic E-state index is 13.5. The number of hydrogen-bond acceptors (Lipinski definition) is 6. The fourth-order valence-electron chi connectivity index (χ4n) is 5.44. The number of likely N-dealkylation sites (tertiary alicyclic amines) is 1. The van der Waals surface area contributed by atoms with E-state index in [2.05, 4.69) is 36.6 Å². The smallest absolute Gasteiger partial charge is 0.324 e. The molecule has 4 aromatic rings. The number of halogens is 3. The Kier molecular flexibility index (Phi) is 6.57. The molecule has 196 valence electrons. The fraction of sp³-hybridized carbons (Fsp3) is 0.357. The number of nitrogens with zero attached hydrogens (tertiary/aromatic N) is 6. The Morgan fingerprint density at radius 1 is 0.842 bits per heavy atom. The number of benzene rings is 2. The Morgan fingerprint density at radius 3 is 2.32 bits per heavy atom. The molecule has 1 saturated heterocycles. The van der Waals surface area contributed by atoms with Crippen LogP contribution in [0.3, 0.4) is 0 Å². The number of hydrogen-bond donors (Lipinski definition) is 1. The molecule has 10 heteroatoms. The van der Waals surface area contributed by atoms with E-state index in [0.717, 1.165) is 35.9 Å². The first-order valence-electron chi connectivity index (χ1n) is 13.0. The molecule has 0 amide bonds. The van der Waals surface area contributed by atoms with E-state index in [9.17, 15) is 13.2 Å². The van der Waals surface area contributed by atoms with Crippen LogP contribution < -0.4 is 5.32 Å². The summed E-state index contributed by atoms with van der Waals surface area (Å²) in [5.41, 5.74) is 4.66. The minimum absolute atomic E-state index is 0.0670. The molecule has 0 radical (unpaired) electrons. The van der Waals surface area contributed by atoms with E-state index in [4.69, 9.17) is 0 Å². The molecular formula is C28H28F3N7. The van der Waals surface area contributed by atoms with Gasteiger partial charge in [-0.15, -0.1) is 15.3 Å². The monoisotopic (exact) mass is 519 g/mol. The summed E-state index contributed by atoms with van der Waals surface area (Å²) >= 11 is 0. The molecule has 3 heterocycles. The third kappa shape index (κ3) is 5.13. The van der Waals surface area contributed by atoms with E-state index < -0.39 is 12.0 Å². The molecule has 0 spiro atoms. The van der Waals surface area contributed by atoms with Crippen molar-refractivity contribution in [3.8, 4) is 17.1 Å². The van der Waals surface area contributed by atoms with Gasteiger partial charge in [0.05, 0.1) is 5.69 Å². The average Bonchev–Trinajstić information content (AvgIpc) is 3.56. The molecule has 2 aromatic carbocycles. The quantitative estimate of drug-likeness (QED) is 0.335. The standard InChI is InChI=1S/C28H28F3N7/c29-28(30,31)26-33-27(38(36-26)25-15-14-24(34-35-25)20-6-2-1-3-7-20)32-22-11-8-19-9-12-23(13-10-21(19)18-22)37-16-4-5-17-37/h1-3,6-8,11,14-15,18,23H,4-5,9-10,12-13,16-17H2,(H,32,33,36). The van der Waals surface area contributed by atoms with Gasteiger partial charge in [0.1, 0.15) is 0 Å². The number of fused-ring (bicyclic) bond motifs is 1. The van der Waals surface area contributed by atoms with Gasteiger partial charge in [-0.2, -0.15) is 22.8 Å². The second kappa shape index (κ2) is 10.2. The summed E-state index contributed by atoms with van der Waals surface area (Å²) < 4.78 is 41.7. The molecule has 1 aliphatic carbocycles. The predicted octanol–water partition coefficient (Wildman–Crippen LogP) is 5.83. The lowest BCUT2D eigenvalue weighted by Gasteiger charge is -2.25. The lowest BCUT2D eigenvalue weighted by atomic mass is 10.0. The van der Waals surface area contributed by atoms with Gasteiger partial charge in [0, 0.05) is 17.3 Å². The van der Waals surface area contributed by atoms with E-state index >= 15 is 0 Å². The van der Waals surface area contributed by atoms with E-state index in [-0.39, 0.29) is 11.8 Å². The number of aryl methyl sites for hydroxylation is 2. The van der Waals surface area contributed by atoms with Crippen LogP contribution in [-0.4, -0.2) is 49.0 Å². The number of rotatable bonds is 5. The molecule has 1 atom stereocenters. The topological polar surface area (TPSA) is 71.8 Å². The molecule has 1 fully saturated rings. The largest absolute Gasteiger partial charge is 0.453 e. The predicted molar refractivity (Wildman–Crippen MR) is 138 cm³/mol. The molecule has 6 rings (SSSR count). The number of alkyl halides is 3. The second-order valence-corrected chi connectivity index (χ2v) is 9.89. The first-order valence-corrected chi connectivity index (χ1v) is 13.0. The van der Waals surface area contributed by atoms with Gasteiger partial charge >= 0.3 is 6.18 Å². The van der Waals surface area contributed by atoms with Gasteiger partial charge in [-0.1, -0.05) is 36.4 Å². The van der Waals surface area contributed by atoms with Crippen LogP contribution in [0.4, 0.5) is 24.8 Å². The van der Waals surface area contributed by atoms with Crippen LogP contribution in [0.5, 0.6) is 0 Å². The fourth-order valence-corrected chi connectivity index (χ4v) is 5.44. The van der Waals surface area contributed by atoms with Crippen molar-refractivity contribution in [2.45, 2.75) is 50.7 Å². The van der Waals surface area contributed by atoms with E-state index in [1.54, 1.807) is 12.1 Å². The van der Waals surface area contributed by atoms with Gasteiger partial charge in [-0.3, -0.25) is 0 Å². The normalized spacial score (nSPS) is 18.2. The van der Waals surface area contributed by atoms with Gasteiger partial charge < -0.3 is 10.2 Å². The summed E-state index contributed by atoms with van der Waals surface area (Å²) in [5, 5.41) is 15.1. The van der Waals surface area contributed by atoms with Crippen molar-refractivity contribution >= 4 is 11.6 Å². The first kappa shape index (κ1) is 24.5. The molecule has 38 heavy (non-hydrogen) atoms. The van der Waals surface area contributed by atoms with Crippen molar-refractivity contribution in [2.75, 3.05) is 18.4 Å². The third-order valence-electron chi connectivity index (χ3n) is 7.41. The first-order chi connectivity index (χ1) is 18.4. The molecule has 1 N–H and O–H groups in total. The van der Waals surface area contributed by atoms with Crippen LogP contribution in [0, 0.1) is 0 Å². The number of aromatic nitrogens is 5. The lowest BCUT2D eigenvalue weighted by molar-refractivity contribution is -0.144. The van der Waals surface area contributed by atoms with Crippen molar-refractivity contribution < 1.29 is 13.2 Å².